The van der Waals surface area contributed by atoms with Crippen LogP contribution >= 0.6 is 12.0 Å². The van der Waals surface area contributed by atoms with Crippen molar-refractivity contribution in [1.29, 1.82) is 0 Å². The van der Waals surface area contributed by atoms with Gasteiger partial charge in [-0.15, -0.1) is 0 Å². The highest BCUT2D eigenvalue weighted by atomic mass is 32.2. The van der Waals surface area contributed by atoms with E-state index in [4.69, 9.17) is 13.9 Å². The second kappa shape index (κ2) is 24.0. The first-order valence-corrected chi connectivity index (χ1v) is 23.7. The molecule has 0 N–H and O–H groups in total. The molecule has 12 nitrogen and oxygen atoms in total. The van der Waals surface area contributed by atoms with Crippen LogP contribution in [-0.2, 0) is 30.6 Å². The number of anilines is 1. The van der Waals surface area contributed by atoms with Gasteiger partial charge in [0.05, 0.1) is 35.7 Å². The van der Waals surface area contributed by atoms with E-state index < -0.39 is 10.1 Å². The molecule has 4 aromatic carbocycles. The minimum Gasteiger partial charge on any atom is -0.744 e. The summed E-state index contributed by atoms with van der Waals surface area (Å²) in [6.45, 7) is 14.5. The van der Waals surface area contributed by atoms with Crippen LogP contribution in [0.1, 0.15) is 89.1 Å². The molecule has 0 bridgehead atoms. The van der Waals surface area contributed by atoms with Crippen molar-refractivity contribution in [3.8, 4) is 33.9 Å². The van der Waals surface area contributed by atoms with Crippen LogP contribution in [0, 0.1) is 0 Å². The number of ether oxygens (including phenoxy) is 2. The Morgan fingerprint density at radius 1 is 0.778 bits per heavy atom. The van der Waals surface area contributed by atoms with Crippen molar-refractivity contribution in [2.24, 2.45) is 0 Å². The van der Waals surface area contributed by atoms with E-state index in [0.29, 0.717) is 16.2 Å². The first-order chi connectivity index (χ1) is 30.5. The Labute approximate surface area is 375 Å². The van der Waals surface area contributed by atoms with E-state index in [1.165, 1.54) is 44.9 Å². The fourth-order valence-electron chi connectivity index (χ4n) is 7.58. The molecule has 0 atom stereocenters. The molecule has 0 aromatic heterocycles. The molecule has 1 heterocycles. The van der Waals surface area contributed by atoms with Crippen LogP contribution in [0.15, 0.2) is 117 Å². The fourth-order valence-corrected chi connectivity index (χ4v) is 8.62. The Hall–Kier alpha value is -5.22. The first-order valence-electron chi connectivity index (χ1n) is 21.5. The summed E-state index contributed by atoms with van der Waals surface area (Å²) in [6.07, 6.45) is 7.83. The van der Waals surface area contributed by atoms with Gasteiger partial charge in [0.1, 0.15) is 46.0 Å². The van der Waals surface area contributed by atoms with Crippen molar-refractivity contribution in [2.45, 2.75) is 89.4 Å². The predicted octanol–water partition coefficient (Wildman–Crippen LogP) is 10.2. The minimum atomic E-state index is -4.57. The zero-order valence-electron chi connectivity index (χ0n) is 36.9. The number of esters is 1. The molecule has 2 aliphatic rings. The molecule has 0 radical (unpaired) electrons. The molecule has 0 fully saturated rings. The SMILES string of the molecule is CCCCCCCCc1ccc(Oc2cccc(S(=O)(=O)[O-])c2)cc1SOO[O-].CCN(CC)c1ccc2c(-c3ccccc3C(=O)OC)c3ccc(=[N+](CC)CC)cc-3oc2c1. The van der Waals surface area contributed by atoms with E-state index in [-0.39, 0.29) is 16.6 Å². The monoisotopic (exact) mass is 897 g/mol. The summed E-state index contributed by atoms with van der Waals surface area (Å²) in [6, 6.07) is 30.9. The second-order valence-corrected chi connectivity index (χ2v) is 16.9. The lowest BCUT2D eigenvalue weighted by atomic mass is 9.90. The maximum atomic E-state index is 12.7. The van der Waals surface area contributed by atoms with Gasteiger partial charge in [-0.1, -0.05) is 69.4 Å². The lowest BCUT2D eigenvalue weighted by molar-refractivity contribution is -0.777. The van der Waals surface area contributed by atoms with Gasteiger partial charge >= 0.3 is 5.97 Å². The fraction of sp³-hybridized carbons (Fsp3) is 0.347. The highest BCUT2D eigenvalue weighted by Crippen LogP contribution is 2.42. The number of carbonyl (C=O) groups is 1. The van der Waals surface area contributed by atoms with Gasteiger partial charge in [-0.2, -0.15) is 4.33 Å². The number of hydrogen-bond acceptors (Lipinski definition) is 12. The molecule has 336 valence electrons. The maximum absolute atomic E-state index is 12.7. The molecule has 0 saturated heterocycles. The van der Waals surface area contributed by atoms with Crippen molar-refractivity contribution in [3.05, 3.63) is 120 Å². The molecule has 0 amide bonds. The zero-order chi connectivity index (χ0) is 45.4. The quantitative estimate of drug-likeness (QED) is 0.0105. The third kappa shape index (κ3) is 12.9. The van der Waals surface area contributed by atoms with Gasteiger partial charge in [-0.25, -0.2) is 17.8 Å². The van der Waals surface area contributed by atoms with E-state index >= 15 is 0 Å². The molecule has 63 heavy (non-hydrogen) atoms. The van der Waals surface area contributed by atoms with Gasteiger partial charge in [0.25, 0.3) is 0 Å². The number of aryl methyl sites for hydroxylation is 1. The Balaban J connectivity index is 0.000000241. The van der Waals surface area contributed by atoms with Gasteiger partial charge in [-0.3, -0.25) is 5.04 Å². The Morgan fingerprint density at radius 3 is 2.21 bits per heavy atom. The third-order valence-electron chi connectivity index (χ3n) is 10.9. The molecular weight excluding hydrogens is 841 g/mol. The standard InChI is InChI=1S/C29H33N2O3.C20H26O7S2/c1-6-30(7-2)20-14-16-24-26(18-20)34-27-19-21(31(8-3)9-4)15-17-25(27)28(24)22-12-10-11-13-23(22)29(32)33-5;1-2-3-4-5-6-7-9-16-12-13-18(15-20(16)28-27-26-21)25-17-10-8-11-19(14-17)29(22,23)24/h10-19H,6-9H2,1-5H3;8,10-15,21H,2-7,9H2,1H3,(H,22,23,24)/q+1;/p-2. The van der Waals surface area contributed by atoms with Crippen molar-refractivity contribution in [2.75, 3.05) is 38.2 Å². The second-order valence-electron chi connectivity index (χ2n) is 14.8. The number of hydrogen-bond donors (Lipinski definition) is 0. The van der Waals surface area contributed by atoms with E-state index in [9.17, 15) is 23.0 Å². The topological polar surface area (TPSA) is 154 Å². The normalized spacial score (nSPS) is 11.3. The van der Waals surface area contributed by atoms with Crippen molar-refractivity contribution in [3.63, 3.8) is 0 Å². The van der Waals surface area contributed by atoms with E-state index in [1.807, 2.05) is 30.3 Å². The van der Waals surface area contributed by atoms with E-state index in [2.05, 4.69) is 89.9 Å². The molecule has 14 heteroatoms. The summed E-state index contributed by atoms with van der Waals surface area (Å²) < 4.78 is 57.6. The molecule has 6 rings (SSSR count). The van der Waals surface area contributed by atoms with Crippen LogP contribution in [0.3, 0.4) is 0 Å². The lowest BCUT2D eigenvalue weighted by Gasteiger charge is -2.22. The summed E-state index contributed by atoms with van der Waals surface area (Å²) in [4.78, 5) is 15.3. The number of fused-ring (bicyclic) bond motifs is 2. The van der Waals surface area contributed by atoms with Crippen molar-refractivity contribution in [1.82, 2.24) is 4.58 Å². The van der Waals surface area contributed by atoms with Crippen molar-refractivity contribution < 1.29 is 46.3 Å². The van der Waals surface area contributed by atoms with Crippen LogP contribution < -0.4 is 24.8 Å². The predicted molar refractivity (Wildman–Crippen MR) is 246 cm³/mol. The summed E-state index contributed by atoms with van der Waals surface area (Å²) in [7, 11) is -3.15. The summed E-state index contributed by atoms with van der Waals surface area (Å²) in [5.74, 6) is 1.07. The Kier molecular flexibility index (Phi) is 18.6. The molecular formula is C49H57N2O10S2-. The molecule has 0 saturated carbocycles. The molecule has 4 aromatic rings. The van der Waals surface area contributed by atoms with E-state index in [1.54, 1.807) is 18.2 Å². The number of carbonyl (C=O) groups excluding carboxylic acids is 1. The lowest BCUT2D eigenvalue weighted by Crippen LogP contribution is -2.29. The highest BCUT2D eigenvalue weighted by molar-refractivity contribution is 7.94. The number of rotatable bonds is 20. The highest BCUT2D eigenvalue weighted by Gasteiger charge is 2.23. The number of methoxy groups -OCH3 is 1. The van der Waals surface area contributed by atoms with E-state index in [0.717, 1.165) is 114 Å². The average molecular weight is 898 g/mol. The first kappa shape index (κ1) is 48.8. The van der Waals surface area contributed by atoms with Gasteiger partial charge in [-0.05, 0) is 106 Å². The van der Waals surface area contributed by atoms with Crippen LogP contribution in [0.5, 0.6) is 11.5 Å². The Bertz CT molecular complexity index is 2580. The van der Waals surface area contributed by atoms with Crippen LogP contribution in [-0.4, -0.2) is 52.2 Å². The smallest absolute Gasteiger partial charge is 0.338 e. The summed E-state index contributed by atoms with van der Waals surface area (Å²) >= 11 is 0.790. The third-order valence-corrected chi connectivity index (χ3v) is 12.4. The molecule has 0 unspecified atom stereocenters. The zero-order valence-corrected chi connectivity index (χ0v) is 38.5. The summed E-state index contributed by atoms with van der Waals surface area (Å²) in [5.41, 5.74) is 6.23. The average Bonchev–Trinajstić information content (AvgIpc) is 3.29. The molecule has 1 aliphatic heterocycles. The van der Waals surface area contributed by atoms with Crippen LogP contribution in [0.4, 0.5) is 5.69 Å². The Morgan fingerprint density at radius 2 is 1.51 bits per heavy atom. The van der Waals surface area contributed by atoms with Gasteiger partial charge in [0.2, 0.25) is 5.36 Å². The summed E-state index contributed by atoms with van der Waals surface area (Å²) in [5, 5.41) is 15.8. The van der Waals surface area contributed by atoms with Crippen LogP contribution in [0.25, 0.3) is 33.4 Å². The van der Waals surface area contributed by atoms with Crippen molar-refractivity contribution >= 4 is 44.8 Å². The molecule has 1 aliphatic carbocycles. The van der Waals surface area contributed by atoms with Gasteiger partial charge in [0, 0.05) is 52.3 Å². The molecule has 0 spiro atoms. The van der Waals surface area contributed by atoms with Crippen LogP contribution in [0.2, 0.25) is 0 Å². The number of benzene rings is 5. The van der Waals surface area contributed by atoms with Gasteiger partial charge in [0.15, 0.2) is 0 Å². The number of nitrogens with zero attached hydrogens (tertiary/aromatic N) is 2. The maximum Gasteiger partial charge on any atom is 0.338 e. The van der Waals surface area contributed by atoms with Gasteiger partial charge < -0.3 is 28.6 Å². The number of unbranched alkanes of at least 4 members (excludes halogenated alkanes) is 5. The largest absolute Gasteiger partial charge is 0.744 e. The minimum absolute atomic E-state index is 0.211.